The number of carboxylic acid groups (broad SMARTS) is 1. The second-order valence-electron chi connectivity index (χ2n) is 4.08. The number of ether oxygens (including phenoxy) is 1. The van der Waals surface area contributed by atoms with Crippen molar-refractivity contribution in [2.75, 3.05) is 19.8 Å². The molecule has 18 heavy (non-hydrogen) atoms. The molecule has 0 spiro atoms. The van der Waals surface area contributed by atoms with Crippen LogP contribution in [0, 0.1) is 0 Å². The highest BCUT2D eigenvalue weighted by atomic mass is 32.1. The zero-order valence-electron chi connectivity index (χ0n) is 10.8. The van der Waals surface area contributed by atoms with Crippen molar-refractivity contribution in [2.45, 2.75) is 32.7 Å². The van der Waals surface area contributed by atoms with Crippen molar-refractivity contribution >= 4 is 17.3 Å². The lowest BCUT2D eigenvalue weighted by Gasteiger charge is -2.03. The zero-order valence-corrected chi connectivity index (χ0v) is 11.6. The Morgan fingerprint density at radius 2 is 2.17 bits per heavy atom. The van der Waals surface area contributed by atoms with E-state index in [1.807, 2.05) is 12.1 Å². The molecule has 1 rings (SSSR count). The number of rotatable bonds is 10. The summed E-state index contributed by atoms with van der Waals surface area (Å²) in [5.41, 5.74) is 0. The second-order valence-corrected chi connectivity index (χ2v) is 5.33. The highest BCUT2D eigenvalue weighted by Gasteiger charge is 2.04. The first kappa shape index (κ1) is 15.1. The van der Waals surface area contributed by atoms with Crippen LogP contribution < -0.4 is 5.32 Å². The molecule has 0 fully saturated rings. The lowest BCUT2D eigenvalue weighted by Crippen LogP contribution is -2.15. The Labute approximate surface area is 112 Å². The van der Waals surface area contributed by atoms with Crippen LogP contribution in [0.15, 0.2) is 12.1 Å². The SMILES string of the molecule is CCCOCCCNCc1ccc(CC(=O)O)s1. The first-order valence-corrected chi connectivity index (χ1v) is 7.12. The molecule has 2 N–H and O–H groups in total. The molecule has 0 unspecified atom stereocenters. The maximum absolute atomic E-state index is 10.5. The lowest BCUT2D eigenvalue weighted by molar-refractivity contribution is -0.136. The van der Waals surface area contributed by atoms with Gasteiger partial charge < -0.3 is 15.2 Å². The molecular formula is C13H21NO3S. The van der Waals surface area contributed by atoms with E-state index in [9.17, 15) is 4.79 Å². The Bertz CT molecular complexity index is 352. The Balaban J connectivity index is 2.08. The molecule has 0 radical (unpaired) electrons. The van der Waals surface area contributed by atoms with Crippen molar-refractivity contribution in [2.24, 2.45) is 0 Å². The third-order valence-electron chi connectivity index (χ3n) is 2.33. The molecule has 0 aliphatic heterocycles. The number of aliphatic carboxylic acids is 1. The highest BCUT2D eigenvalue weighted by Crippen LogP contribution is 2.16. The number of hydrogen-bond donors (Lipinski definition) is 2. The number of thiophene rings is 1. The molecule has 0 aliphatic rings. The molecule has 0 aromatic carbocycles. The summed E-state index contributed by atoms with van der Waals surface area (Å²) in [7, 11) is 0. The number of carbonyl (C=O) groups is 1. The summed E-state index contributed by atoms with van der Waals surface area (Å²) >= 11 is 1.56. The summed E-state index contributed by atoms with van der Waals surface area (Å²) in [5.74, 6) is -0.774. The van der Waals surface area contributed by atoms with Crippen LogP contribution in [0.1, 0.15) is 29.5 Å². The third-order valence-corrected chi connectivity index (χ3v) is 3.42. The van der Waals surface area contributed by atoms with Gasteiger partial charge in [-0.3, -0.25) is 4.79 Å². The smallest absolute Gasteiger partial charge is 0.308 e. The fourth-order valence-corrected chi connectivity index (χ4v) is 2.50. The molecule has 0 aliphatic carbocycles. The molecule has 0 saturated carbocycles. The van der Waals surface area contributed by atoms with Crippen LogP contribution in [-0.4, -0.2) is 30.8 Å². The van der Waals surface area contributed by atoms with E-state index in [0.717, 1.165) is 44.0 Å². The molecule has 5 heteroatoms. The molecule has 0 atom stereocenters. The zero-order chi connectivity index (χ0) is 13.2. The summed E-state index contributed by atoms with van der Waals surface area (Å²) < 4.78 is 5.38. The first-order chi connectivity index (χ1) is 8.72. The van der Waals surface area contributed by atoms with E-state index in [1.54, 1.807) is 11.3 Å². The minimum absolute atomic E-state index is 0.121. The fraction of sp³-hybridized carbons (Fsp3) is 0.615. The van der Waals surface area contributed by atoms with Gasteiger partial charge in [-0.15, -0.1) is 11.3 Å². The second kappa shape index (κ2) is 9.08. The predicted octanol–water partition coefficient (Wildman–Crippen LogP) is 2.28. The summed E-state index contributed by atoms with van der Waals surface area (Å²) in [6.45, 7) is 5.47. The molecule has 4 nitrogen and oxygen atoms in total. The van der Waals surface area contributed by atoms with Gasteiger partial charge in [0.25, 0.3) is 0 Å². The van der Waals surface area contributed by atoms with Crippen LogP contribution in [-0.2, 0) is 22.5 Å². The quantitative estimate of drug-likeness (QED) is 0.641. The van der Waals surface area contributed by atoms with Crippen molar-refractivity contribution in [3.05, 3.63) is 21.9 Å². The van der Waals surface area contributed by atoms with Gasteiger partial charge in [-0.25, -0.2) is 0 Å². The van der Waals surface area contributed by atoms with E-state index < -0.39 is 5.97 Å². The molecule has 0 saturated heterocycles. The summed E-state index contributed by atoms with van der Waals surface area (Å²) in [6.07, 6.45) is 2.19. The third kappa shape index (κ3) is 6.74. The van der Waals surface area contributed by atoms with Gasteiger partial charge in [0.1, 0.15) is 0 Å². The van der Waals surface area contributed by atoms with Gasteiger partial charge in [-0.2, -0.15) is 0 Å². The Morgan fingerprint density at radius 3 is 2.89 bits per heavy atom. The van der Waals surface area contributed by atoms with E-state index in [1.165, 1.54) is 4.88 Å². The van der Waals surface area contributed by atoms with Crippen LogP contribution in [0.2, 0.25) is 0 Å². The monoisotopic (exact) mass is 271 g/mol. The van der Waals surface area contributed by atoms with Gasteiger partial charge in [0.2, 0.25) is 0 Å². The summed E-state index contributed by atoms with van der Waals surface area (Å²) in [5, 5.41) is 12.0. The van der Waals surface area contributed by atoms with Crippen molar-refractivity contribution in [3.63, 3.8) is 0 Å². The van der Waals surface area contributed by atoms with Crippen molar-refractivity contribution in [1.82, 2.24) is 5.32 Å². The van der Waals surface area contributed by atoms with Crippen molar-refractivity contribution in [1.29, 1.82) is 0 Å². The van der Waals surface area contributed by atoms with Crippen molar-refractivity contribution < 1.29 is 14.6 Å². The molecule has 0 bridgehead atoms. The normalized spacial score (nSPS) is 10.7. The number of nitrogens with one attached hydrogen (secondary N) is 1. The largest absolute Gasteiger partial charge is 0.481 e. The molecular weight excluding hydrogens is 250 g/mol. The van der Waals surface area contributed by atoms with Crippen LogP contribution in [0.4, 0.5) is 0 Å². The van der Waals surface area contributed by atoms with Gasteiger partial charge >= 0.3 is 5.97 Å². The Kier molecular flexibility index (Phi) is 7.64. The van der Waals surface area contributed by atoms with Gasteiger partial charge in [0.15, 0.2) is 0 Å². The van der Waals surface area contributed by atoms with E-state index in [4.69, 9.17) is 9.84 Å². The van der Waals surface area contributed by atoms with E-state index >= 15 is 0 Å². The summed E-state index contributed by atoms with van der Waals surface area (Å²) in [4.78, 5) is 12.6. The minimum atomic E-state index is -0.774. The molecule has 1 aromatic heterocycles. The fourth-order valence-electron chi connectivity index (χ4n) is 1.52. The van der Waals surface area contributed by atoms with Gasteiger partial charge in [0, 0.05) is 29.5 Å². The van der Waals surface area contributed by atoms with E-state index in [0.29, 0.717) is 0 Å². The molecule has 102 valence electrons. The number of hydrogen-bond acceptors (Lipinski definition) is 4. The van der Waals surface area contributed by atoms with Gasteiger partial charge in [-0.1, -0.05) is 6.92 Å². The number of carboxylic acids is 1. The van der Waals surface area contributed by atoms with Crippen LogP contribution in [0.3, 0.4) is 0 Å². The standard InChI is InChI=1S/C13H21NO3S/c1-2-7-17-8-3-6-14-10-12-5-4-11(18-12)9-13(15)16/h4-5,14H,2-3,6-10H2,1H3,(H,15,16). The molecule has 1 aromatic rings. The maximum Gasteiger partial charge on any atom is 0.308 e. The molecule has 0 amide bonds. The van der Waals surface area contributed by atoms with Crippen molar-refractivity contribution in [3.8, 4) is 0 Å². The van der Waals surface area contributed by atoms with E-state index in [2.05, 4.69) is 12.2 Å². The average molecular weight is 271 g/mol. The van der Waals surface area contributed by atoms with E-state index in [-0.39, 0.29) is 6.42 Å². The van der Waals surface area contributed by atoms with Crippen LogP contribution in [0.5, 0.6) is 0 Å². The summed E-state index contributed by atoms with van der Waals surface area (Å²) in [6, 6.07) is 3.88. The van der Waals surface area contributed by atoms with Crippen LogP contribution in [0.25, 0.3) is 0 Å². The van der Waals surface area contributed by atoms with Gasteiger partial charge in [-0.05, 0) is 31.5 Å². The minimum Gasteiger partial charge on any atom is -0.481 e. The molecule has 1 heterocycles. The predicted molar refractivity (Wildman–Crippen MR) is 73.1 cm³/mol. The topological polar surface area (TPSA) is 58.6 Å². The van der Waals surface area contributed by atoms with Gasteiger partial charge in [0.05, 0.1) is 6.42 Å². The maximum atomic E-state index is 10.5. The Hall–Kier alpha value is -0.910. The highest BCUT2D eigenvalue weighted by molar-refractivity contribution is 7.12. The first-order valence-electron chi connectivity index (χ1n) is 6.30. The Morgan fingerprint density at radius 1 is 1.39 bits per heavy atom. The lowest BCUT2D eigenvalue weighted by atomic mass is 10.3. The average Bonchev–Trinajstić information content (AvgIpc) is 2.75. The van der Waals surface area contributed by atoms with Crippen LogP contribution >= 0.6 is 11.3 Å².